The predicted octanol–water partition coefficient (Wildman–Crippen LogP) is 0.464. The van der Waals surface area contributed by atoms with Gasteiger partial charge in [-0.05, 0) is 6.08 Å². The molecular formula is C6H8O3. The minimum absolute atomic E-state index is 0.442. The molecule has 1 aliphatic heterocycles. The van der Waals surface area contributed by atoms with E-state index in [9.17, 15) is 4.79 Å². The first-order valence-electron chi connectivity index (χ1n) is 2.80. The first-order valence-corrected chi connectivity index (χ1v) is 2.80. The summed E-state index contributed by atoms with van der Waals surface area (Å²) in [6.45, 7) is 1.65. The second-order valence-electron chi connectivity index (χ2n) is 1.71. The van der Waals surface area contributed by atoms with E-state index in [0.717, 1.165) is 5.76 Å². The highest BCUT2D eigenvalue weighted by atomic mass is 16.5. The topological polar surface area (TPSA) is 35.5 Å². The lowest BCUT2D eigenvalue weighted by Gasteiger charge is -2.09. The van der Waals surface area contributed by atoms with Crippen LogP contribution in [0.5, 0.6) is 0 Å². The first-order chi connectivity index (χ1) is 4.43. The number of ether oxygens (including phenoxy) is 2. The van der Waals surface area contributed by atoms with Crippen molar-refractivity contribution in [3.63, 3.8) is 0 Å². The zero-order chi connectivity index (χ0) is 6.53. The number of carbonyl (C=O) groups excluding carboxylic acids is 1. The lowest BCUT2D eigenvalue weighted by atomic mass is 10.3. The van der Waals surface area contributed by atoms with Crippen LogP contribution in [0.4, 0.5) is 0 Å². The van der Waals surface area contributed by atoms with E-state index >= 15 is 0 Å². The van der Waals surface area contributed by atoms with Crippen molar-refractivity contribution in [3.05, 3.63) is 11.8 Å². The fourth-order valence-corrected chi connectivity index (χ4v) is 0.679. The molecule has 9 heavy (non-hydrogen) atoms. The molecule has 0 aromatic carbocycles. The zero-order valence-corrected chi connectivity index (χ0v) is 5.00. The van der Waals surface area contributed by atoms with Crippen LogP contribution in [0, 0.1) is 0 Å². The van der Waals surface area contributed by atoms with E-state index in [1.807, 2.05) is 0 Å². The first kappa shape index (κ1) is 6.29. The zero-order valence-electron chi connectivity index (χ0n) is 5.00. The Kier molecular flexibility index (Phi) is 2.27. The Morgan fingerprint density at radius 2 is 2.67 bits per heavy atom. The SMILES string of the molecule is O=COC1=CCOCC1. The van der Waals surface area contributed by atoms with Crippen LogP contribution < -0.4 is 0 Å². The molecule has 3 nitrogen and oxygen atoms in total. The van der Waals surface area contributed by atoms with Crippen LogP contribution in [0.1, 0.15) is 6.42 Å². The van der Waals surface area contributed by atoms with Gasteiger partial charge in [-0.15, -0.1) is 0 Å². The summed E-state index contributed by atoms with van der Waals surface area (Å²) in [4.78, 5) is 9.77. The number of hydrogen-bond donors (Lipinski definition) is 0. The quantitative estimate of drug-likeness (QED) is 0.507. The molecule has 0 saturated carbocycles. The summed E-state index contributed by atoms with van der Waals surface area (Å²) < 4.78 is 9.56. The fraction of sp³-hybridized carbons (Fsp3) is 0.500. The van der Waals surface area contributed by atoms with Crippen molar-refractivity contribution in [1.29, 1.82) is 0 Å². The highest BCUT2D eigenvalue weighted by molar-refractivity contribution is 5.39. The fourth-order valence-electron chi connectivity index (χ4n) is 0.679. The van der Waals surface area contributed by atoms with Gasteiger partial charge >= 0.3 is 0 Å². The van der Waals surface area contributed by atoms with Gasteiger partial charge in [-0.25, -0.2) is 0 Å². The van der Waals surface area contributed by atoms with E-state index in [0.29, 0.717) is 26.1 Å². The number of hydrogen-bond acceptors (Lipinski definition) is 3. The number of rotatable bonds is 2. The Bertz CT molecular complexity index is 128. The maximum Gasteiger partial charge on any atom is 0.298 e. The van der Waals surface area contributed by atoms with Crippen LogP contribution in [0.2, 0.25) is 0 Å². The van der Waals surface area contributed by atoms with Crippen molar-refractivity contribution in [3.8, 4) is 0 Å². The lowest BCUT2D eigenvalue weighted by molar-refractivity contribution is -0.125. The molecule has 0 aliphatic carbocycles. The summed E-state index contributed by atoms with van der Waals surface area (Å²) in [5.41, 5.74) is 0. The van der Waals surface area contributed by atoms with Gasteiger partial charge in [0, 0.05) is 6.42 Å². The van der Waals surface area contributed by atoms with E-state index < -0.39 is 0 Å². The predicted molar refractivity (Wildman–Crippen MR) is 30.7 cm³/mol. The van der Waals surface area contributed by atoms with Crippen LogP contribution in [0.15, 0.2) is 11.8 Å². The Hall–Kier alpha value is -0.830. The van der Waals surface area contributed by atoms with Crippen molar-refractivity contribution in [1.82, 2.24) is 0 Å². The maximum absolute atomic E-state index is 9.77. The molecule has 0 radical (unpaired) electrons. The molecule has 0 aromatic heterocycles. The second-order valence-corrected chi connectivity index (χ2v) is 1.71. The van der Waals surface area contributed by atoms with Crippen LogP contribution in [0.3, 0.4) is 0 Å². The third-order valence-corrected chi connectivity index (χ3v) is 1.12. The molecule has 0 spiro atoms. The van der Waals surface area contributed by atoms with Gasteiger partial charge in [-0.2, -0.15) is 0 Å². The average Bonchev–Trinajstić information content (AvgIpc) is 1.91. The molecule has 0 amide bonds. The molecule has 0 unspecified atom stereocenters. The summed E-state index contributed by atoms with van der Waals surface area (Å²) in [5.74, 6) is 0.719. The van der Waals surface area contributed by atoms with Gasteiger partial charge in [0.1, 0.15) is 5.76 Å². The third kappa shape index (κ3) is 1.85. The van der Waals surface area contributed by atoms with Gasteiger partial charge in [0.2, 0.25) is 0 Å². The Morgan fingerprint density at radius 3 is 3.22 bits per heavy atom. The van der Waals surface area contributed by atoms with Gasteiger partial charge in [0.15, 0.2) is 0 Å². The summed E-state index contributed by atoms with van der Waals surface area (Å²) in [6.07, 6.45) is 2.47. The van der Waals surface area contributed by atoms with Gasteiger partial charge in [-0.1, -0.05) is 0 Å². The molecule has 1 aliphatic rings. The summed E-state index contributed by atoms with van der Waals surface area (Å²) in [6, 6.07) is 0. The average molecular weight is 128 g/mol. The minimum Gasteiger partial charge on any atom is -0.433 e. The number of carbonyl (C=O) groups is 1. The normalized spacial score (nSPS) is 18.4. The van der Waals surface area contributed by atoms with Crippen LogP contribution >= 0.6 is 0 Å². The van der Waals surface area contributed by atoms with E-state index in [1.165, 1.54) is 0 Å². The molecule has 0 aromatic rings. The molecule has 50 valence electrons. The highest BCUT2D eigenvalue weighted by Gasteiger charge is 2.02. The summed E-state index contributed by atoms with van der Waals surface area (Å²) in [7, 11) is 0. The van der Waals surface area contributed by atoms with Crippen molar-refractivity contribution in [2.45, 2.75) is 6.42 Å². The van der Waals surface area contributed by atoms with E-state index in [4.69, 9.17) is 4.74 Å². The standard InChI is InChI=1S/C6H8O3/c7-5-9-6-1-3-8-4-2-6/h1,5H,2-4H2. The minimum atomic E-state index is 0.442. The van der Waals surface area contributed by atoms with E-state index in [2.05, 4.69) is 4.74 Å². The molecule has 0 atom stereocenters. The second kappa shape index (κ2) is 3.25. The van der Waals surface area contributed by atoms with Gasteiger partial charge in [0.05, 0.1) is 13.2 Å². The Morgan fingerprint density at radius 1 is 1.78 bits per heavy atom. The smallest absolute Gasteiger partial charge is 0.298 e. The largest absolute Gasteiger partial charge is 0.433 e. The molecule has 1 heterocycles. The third-order valence-electron chi connectivity index (χ3n) is 1.12. The van der Waals surface area contributed by atoms with Crippen LogP contribution in [-0.2, 0) is 14.3 Å². The summed E-state index contributed by atoms with van der Waals surface area (Å²) >= 11 is 0. The van der Waals surface area contributed by atoms with Crippen molar-refractivity contribution in [2.75, 3.05) is 13.2 Å². The Labute approximate surface area is 53.3 Å². The maximum atomic E-state index is 9.77. The molecule has 0 fully saturated rings. The molecule has 3 heteroatoms. The molecular weight excluding hydrogens is 120 g/mol. The van der Waals surface area contributed by atoms with Gasteiger partial charge < -0.3 is 9.47 Å². The highest BCUT2D eigenvalue weighted by Crippen LogP contribution is 2.06. The van der Waals surface area contributed by atoms with Gasteiger partial charge in [0.25, 0.3) is 6.47 Å². The van der Waals surface area contributed by atoms with Crippen molar-refractivity contribution in [2.24, 2.45) is 0 Å². The van der Waals surface area contributed by atoms with Crippen molar-refractivity contribution < 1.29 is 14.3 Å². The van der Waals surface area contributed by atoms with Crippen LogP contribution in [-0.4, -0.2) is 19.7 Å². The summed E-state index contributed by atoms with van der Waals surface area (Å²) in [5, 5.41) is 0. The van der Waals surface area contributed by atoms with E-state index in [1.54, 1.807) is 6.08 Å². The van der Waals surface area contributed by atoms with E-state index in [-0.39, 0.29) is 0 Å². The monoisotopic (exact) mass is 128 g/mol. The van der Waals surface area contributed by atoms with Crippen LogP contribution in [0.25, 0.3) is 0 Å². The van der Waals surface area contributed by atoms with Gasteiger partial charge in [-0.3, -0.25) is 4.79 Å². The molecule has 1 rings (SSSR count). The lowest BCUT2D eigenvalue weighted by Crippen LogP contribution is -2.05. The molecule has 0 bridgehead atoms. The molecule has 0 N–H and O–H groups in total. The Balaban J connectivity index is 2.36. The van der Waals surface area contributed by atoms with Crippen molar-refractivity contribution >= 4 is 6.47 Å². The molecule has 0 saturated heterocycles.